The van der Waals surface area contributed by atoms with Crippen molar-refractivity contribution in [3.8, 4) is 0 Å². The Kier molecular flexibility index (Phi) is 6.53. The Morgan fingerprint density at radius 1 is 1.24 bits per heavy atom. The first kappa shape index (κ1) is 20.2. The molecule has 9 heteroatoms. The molecule has 1 aliphatic rings. The summed E-state index contributed by atoms with van der Waals surface area (Å²) in [5.41, 5.74) is 0. The Hall–Kier alpha value is -1.09. The van der Waals surface area contributed by atoms with Crippen LogP contribution in [0.25, 0.3) is 0 Å². The molecule has 0 N–H and O–H groups in total. The number of sulfone groups is 1. The van der Waals surface area contributed by atoms with Crippen molar-refractivity contribution in [3.63, 3.8) is 0 Å². The molecule has 1 aromatic rings. The van der Waals surface area contributed by atoms with Crippen molar-refractivity contribution in [2.75, 3.05) is 11.5 Å². The van der Waals surface area contributed by atoms with E-state index in [9.17, 15) is 13.2 Å². The lowest BCUT2D eigenvalue weighted by Gasteiger charge is -2.32. The van der Waals surface area contributed by atoms with Gasteiger partial charge in [-0.2, -0.15) is 0 Å². The smallest absolute Gasteiger partial charge is 0.277 e. The molecule has 0 aromatic carbocycles. The van der Waals surface area contributed by atoms with Gasteiger partial charge in [0.25, 0.3) is 5.22 Å². The maximum Gasteiger partial charge on any atom is 0.277 e. The molecule has 1 aromatic heterocycles. The standard InChI is InChI=1S/C16H27N3O4S2/c1-10(2)19(11(3)4)15(20)12(5)24-16-18-17-14(23-16)8-13-6-7-25(21,22)9-13/h10-13H,6-9H2,1-5H3/t12-,13-/m0/s1. The van der Waals surface area contributed by atoms with Crippen LogP contribution in [0.3, 0.4) is 0 Å². The number of amides is 1. The fourth-order valence-corrected chi connectivity index (χ4v) is 5.78. The molecule has 2 heterocycles. The molecular weight excluding hydrogens is 362 g/mol. The summed E-state index contributed by atoms with van der Waals surface area (Å²) < 4.78 is 28.6. The lowest BCUT2D eigenvalue weighted by molar-refractivity contribution is -0.133. The van der Waals surface area contributed by atoms with Gasteiger partial charge in [0.15, 0.2) is 9.84 Å². The van der Waals surface area contributed by atoms with Gasteiger partial charge in [-0.3, -0.25) is 4.79 Å². The summed E-state index contributed by atoms with van der Waals surface area (Å²) in [5.74, 6) is 0.939. The zero-order valence-electron chi connectivity index (χ0n) is 15.4. The second-order valence-electron chi connectivity index (χ2n) is 7.13. The van der Waals surface area contributed by atoms with Gasteiger partial charge in [-0.05, 0) is 47.0 Å². The van der Waals surface area contributed by atoms with Crippen LogP contribution in [0, 0.1) is 5.92 Å². The monoisotopic (exact) mass is 389 g/mol. The third-order valence-electron chi connectivity index (χ3n) is 4.23. The number of carbonyl (C=O) groups excluding carboxylic acids is 1. The SMILES string of the molecule is CC(C)N(C(=O)[C@H](C)Sc1nnc(C[C@@H]2CCS(=O)(=O)C2)o1)C(C)C. The lowest BCUT2D eigenvalue weighted by atomic mass is 10.1. The second kappa shape index (κ2) is 8.07. The van der Waals surface area contributed by atoms with E-state index in [1.165, 1.54) is 11.8 Å². The lowest BCUT2D eigenvalue weighted by Crippen LogP contribution is -2.45. The summed E-state index contributed by atoms with van der Waals surface area (Å²) in [6.45, 7) is 9.81. The van der Waals surface area contributed by atoms with Crippen molar-refractivity contribution in [2.45, 2.75) is 70.0 Å². The van der Waals surface area contributed by atoms with Gasteiger partial charge in [-0.1, -0.05) is 11.8 Å². The van der Waals surface area contributed by atoms with Gasteiger partial charge < -0.3 is 9.32 Å². The van der Waals surface area contributed by atoms with Gasteiger partial charge in [0, 0.05) is 18.5 Å². The van der Waals surface area contributed by atoms with Gasteiger partial charge in [-0.25, -0.2) is 8.42 Å². The van der Waals surface area contributed by atoms with E-state index in [1.54, 1.807) is 0 Å². The molecule has 2 atom stereocenters. The second-order valence-corrected chi connectivity index (χ2v) is 10.6. The summed E-state index contributed by atoms with van der Waals surface area (Å²) in [6, 6.07) is 0.247. The van der Waals surface area contributed by atoms with Crippen LogP contribution in [0.4, 0.5) is 0 Å². The molecule has 1 amide bonds. The van der Waals surface area contributed by atoms with E-state index in [2.05, 4.69) is 10.2 Å². The van der Waals surface area contributed by atoms with E-state index < -0.39 is 9.84 Å². The van der Waals surface area contributed by atoms with Crippen LogP contribution >= 0.6 is 11.8 Å². The maximum absolute atomic E-state index is 12.6. The Morgan fingerprint density at radius 2 is 1.88 bits per heavy atom. The number of hydrogen-bond acceptors (Lipinski definition) is 7. The summed E-state index contributed by atoms with van der Waals surface area (Å²) in [7, 11) is -2.91. The minimum absolute atomic E-state index is 0.0386. The van der Waals surface area contributed by atoms with Gasteiger partial charge >= 0.3 is 0 Å². The molecule has 0 saturated carbocycles. The Morgan fingerprint density at radius 3 is 2.40 bits per heavy atom. The van der Waals surface area contributed by atoms with Gasteiger partial charge in [0.1, 0.15) is 0 Å². The van der Waals surface area contributed by atoms with Crippen molar-refractivity contribution in [3.05, 3.63) is 5.89 Å². The van der Waals surface area contributed by atoms with Gasteiger partial charge in [-0.15, -0.1) is 10.2 Å². The molecule has 1 saturated heterocycles. The molecule has 2 rings (SSSR count). The predicted molar refractivity (Wildman–Crippen MR) is 97.2 cm³/mol. The first-order chi connectivity index (χ1) is 11.6. The first-order valence-corrected chi connectivity index (χ1v) is 11.3. The van der Waals surface area contributed by atoms with Gasteiger partial charge in [0.05, 0.1) is 16.8 Å². The van der Waals surface area contributed by atoms with Crippen molar-refractivity contribution in [1.29, 1.82) is 0 Å². The highest BCUT2D eigenvalue weighted by Crippen LogP contribution is 2.27. The molecule has 25 heavy (non-hydrogen) atoms. The zero-order chi connectivity index (χ0) is 18.8. The van der Waals surface area contributed by atoms with E-state index in [0.29, 0.717) is 24.0 Å². The van der Waals surface area contributed by atoms with E-state index in [4.69, 9.17) is 4.42 Å². The fourth-order valence-electron chi connectivity index (χ4n) is 3.17. The first-order valence-electron chi connectivity index (χ1n) is 8.60. The van der Waals surface area contributed by atoms with E-state index >= 15 is 0 Å². The van der Waals surface area contributed by atoms with E-state index in [-0.39, 0.29) is 40.7 Å². The summed E-state index contributed by atoms with van der Waals surface area (Å²) in [4.78, 5) is 14.5. The van der Waals surface area contributed by atoms with Crippen molar-refractivity contribution >= 4 is 27.5 Å². The average molecular weight is 390 g/mol. The highest BCUT2D eigenvalue weighted by Gasteiger charge is 2.30. The molecular formula is C16H27N3O4S2. The molecule has 1 fully saturated rings. The number of carbonyl (C=O) groups is 1. The highest BCUT2D eigenvalue weighted by molar-refractivity contribution is 8.00. The van der Waals surface area contributed by atoms with Crippen LogP contribution in [-0.4, -0.2) is 58.3 Å². The summed E-state index contributed by atoms with van der Waals surface area (Å²) in [5, 5.41) is 8.01. The number of aromatic nitrogens is 2. The summed E-state index contributed by atoms with van der Waals surface area (Å²) in [6.07, 6.45) is 1.11. The number of nitrogens with zero attached hydrogens (tertiary/aromatic N) is 3. The minimum atomic E-state index is -2.91. The predicted octanol–water partition coefficient (Wildman–Crippen LogP) is 2.17. The molecule has 1 aliphatic heterocycles. The molecule has 0 aliphatic carbocycles. The maximum atomic E-state index is 12.6. The Balaban J connectivity index is 1.95. The summed E-state index contributed by atoms with van der Waals surface area (Å²) >= 11 is 1.24. The van der Waals surface area contributed by atoms with Crippen LogP contribution in [0.5, 0.6) is 0 Å². The minimum Gasteiger partial charge on any atom is -0.416 e. The van der Waals surface area contributed by atoms with Crippen LogP contribution < -0.4 is 0 Å². The topological polar surface area (TPSA) is 93.4 Å². The zero-order valence-corrected chi connectivity index (χ0v) is 17.1. The molecule has 0 radical (unpaired) electrons. The van der Waals surface area contributed by atoms with Crippen molar-refractivity contribution in [2.24, 2.45) is 5.92 Å². The fraction of sp³-hybridized carbons (Fsp3) is 0.812. The molecule has 0 bridgehead atoms. The number of thioether (sulfide) groups is 1. The van der Waals surface area contributed by atoms with Gasteiger partial charge in [0.2, 0.25) is 11.8 Å². The molecule has 0 spiro atoms. The van der Waals surface area contributed by atoms with Crippen LogP contribution in [-0.2, 0) is 21.1 Å². The Bertz CT molecular complexity index is 692. The number of rotatable bonds is 7. The van der Waals surface area contributed by atoms with E-state index in [0.717, 1.165) is 0 Å². The van der Waals surface area contributed by atoms with Crippen molar-refractivity contribution < 1.29 is 17.6 Å². The van der Waals surface area contributed by atoms with Crippen LogP contribution in [0.15, 0.2) is 9.64 Å². The molecule has 142 valence electrons. The molecule has 0 unspecified atom stereocenters. The Labute approximate surface area is 153 Å². The highest BCUT2D eigenvalue weighted by atomic mass is 32.2. The van der Waals surface area contributed by atoms with Crippen LogP contribution in [0.2, 0.25) is 0 Å². The van der Waals surface area contributed by atoms with Crippen LogP contribution in [0.1, 0.15) is 46.9 Å². The van der Waals surface area contributed by atoms with Crippen molar-refractivity contribution in [1.82, 2.24) is 15.1 Å². The number of hydrogen-bond donors (Lipinski definition) is 0. The van der Waals surface area contributed by atoms with E-state index in [1.807, 2.05) is 39.5 Å². The average Bonchev–Trinajstić information content (AvgIpc) is 3.04. The quantitative estimate of drug-likeness (QED) is 0.660. The third-order valence-corrected chi connectivity index (χ3v) is 6.99. The third kappa shape index (κ3) is 5.44. The largest absolute Gasteiger partial charge is 0.416 e. The molecule has 7 nitrogen and oxygen atoms in total. The normalized spacial score (nSPS) is 21.0.